The minimum atomic E-state index is -0.442. The Morgan fingerprint density at radius 3 is 3.19 bits per heavy atom. The van der Waals surface area contributed by atoms with E-state index in [-0.39, 0.29) is 16.8 Å². The third-order valence-corrected chi connectivity index (χ3v) is 5.35. The van der Waals surface area contributed by atoms with Crippen LogP contribution < -0.4 is 5.32 Å². The summed E-state index contributed by atoms with van der Waals surface area (Å²) in [6.07, 6.45) is 4.74. The van der Waals surface area contributed by atoms with Crippen molar-refractivity contribution >= 4 is 28.4 Å². The van der Waals surface area contributed by atoms with E-state index in [1.165, 1.54) is 6.07 Å². The molecule has 1 atom stereocenters. The number of nitrogens with one attached hydrogen (secondary N) is 2. The minimum absolute atomic E-state index is 0.0498. The molecule has 0 fully saturated rings. The van der Waals surface area contributed by atoms with Crippen molar-refractivity contribution in [1.82, 2.24) is 25.3 Å². The summed E-state index contributed by atoms with van der Waals surface area (Å²) in [6.45, 7) is 0.522. The summed E-state index contributed by atoms with van der Waals surface area (Å²) in [7, 11) is 1.86. The molecule has 1 unspecified atom stereocenters. The highest BCUT2D eigenvalue weighted by Gasteiger charge is 2.27. The number of carbonyl (C=O) groups is 1. The lowest BCUT2D eigenvalue weighted by Crippen LogP contribution is -2.35. The third kappa shape index (κ3) is 3.07. The van der Waals surface area contributed by atoms with E-state index < -0.39 is 5.82 Å². The van der Waals surface area contributed by atoms with E-state index in [2.05, 4.69) is 20.6 Å². The number of hydrogen-bond acceptors (Lipinski definition) is 3. The normalized spacial score (nSPS) is 16.7. The van der Waals surface area contributed by atoms with Gasteiger partial charge in [-0.25, -0.2) is 4.39 Å². The van der Waals surface area contributed by atoms with Crippen LogP contribution in [-0.4, -0.2) is 32.4 Å². The number of benzene rings is 1. The van der Waals surface area contributed by atoms with E-state index in [1.807, 2.05) is 13.2 Å². The molecule has 0 spiro atoms. The molecule has 136 valence electrons. The molecule has 2 N–H and O–H groups in total. The smallest absolute Gasteiger partial charge is 0.223 e. The lowest BCUT2D eigenvalue weighted by atomic mass is 9.89. The van der Waals surface area contributed by atoms with E-state index in [9.17, 15) is 9.18 Å². The van der Waals surface area contributed by atoms with Crippen LogP contribution in [0.3, 0.4) is 0 Å². The highest BCUT2D eigenvalue weighted by molar-refractivity contribution is 6.31. The van der Waals surface area contributed by atoms with Crippen LogP contribution in [0, 0.1) is 11.7 Å². The zero-order valence-electron chi connectivity index (χ0n) is 14.4. The maximum Gasteiger partial charge on any atom is 0.223 e. The van der Waals surface area contributed by atoms with Gasteiger partial charge in [-0.2, -0.15) is 0 Å². The predicted octanol–water partition coefficient (Wildman–Crippen LogP) is 2.55. The molecule has 0 aliphatic heterocycles. The molecule has 0 radical (unpaired) electrons. The Morgan fingerprint density at radius 1 is 1.50 bits per heavy atom. The fraction of sp³-hybridized carbons (Fsp3) is 0.389. The molecule has 8 heteroatoms. The van der Waals surface area contributed by atoms with Gasteiger partial charge in [0.05, 0.1) is 16.4 Å². The fourth-order valence-electron chi connectivity index (χ4n) is 3.58. The number of H-pyrrole nitrogens is 1. The van der Waals surface area contributed by atoms with Gasteiger partial charge in [0.2, 0.25) is 5.91 Å². The van der Waals surface area contributed by atoms with E-state index in [4.69, 9.17) is 11.6 Å². The number of aromatic nitrogens is 4. The maximum absolute atomic E-state index is 13.5. The number of carbonyl (C=O) groups excluding carboxylic acids is 1. The quantitative estimate of drug-likeness (QED) is 0.735. The lowest BCUT2D eigenvalue weighted by Gasteiger charge is -2.21. The summed E-state index contributed by atoms with van der Waals surface area (Å²) < 4.78 is 15.3. The van der Waals surface area contributed by atoms with Crippen molar-refractivity contribution in [1.29, 1.82) is 0 Å². The summed E-state index contributed by atoms with van der Waals surface area (Å²) in [5.41, 5.74) is 3.75. The van der Waals surface area contributed by atoms with Crippen molar-refractivity contribution in [2.45, 2.75) is 25.7 Å². The number of halogens is 2. The van der Waals surface area contributed by atoms with E-state index >= 15 is 0 Å². The van der Waals surface area contributed by atoms with Crippen LogP contribution in [0.2, 0.25) is 5.02 Å². The zero-order chi connectivity index (χ0) is 18.3. The van der Waals surface area contributed by atoms with Crippen molar-refractivity contribution < 1.29 is 9.18 Å². The zero-order valence-corrected chi connectivity index (χ0v) is 15.1. The molecule has 2 aromatic heterocycles. The van der Waals surface area contributed by atoms with Crippen molar-refractivity contribution in [3.8, 4) is 0 Å². The van der Waals surface area contributed by atoms with Crippen LogP contribution in [-0.2, 0) is 31.1 Å². The number of fused-ring (bicyclic) bond motifs is 2. The predicted molar refractivity (Wildman–Crippen MR) is 96.5 cm³/mol. The topological polar surface area (TPSA) is 75.6 Å². The first-order chi connectivity index (χ1) is 12.5. The van der Waals surface area contributed by atoms with Gasteiger partial charge in [0.1, 0.15) is 5.82 Å². The molecule has 6 nitrogen and oxygen atoms in total. The number of aromatic amines is 1. The van der Waals surface area contributed by atoms with Crippen LogP contribution >= 0.6 is 11.6 Å². The Kier molecular flexibility index (Phi) is 4.40. The molecule has 1 aliphatic rings. The average molecular weight is 376 g/mol. The monoisotopic (exact) mass is 375 g/mol. The molecule has 1 amide bonds. The number of rotatable bonds is 4. The van der Waals surface area contributed by atoms with Gasteiger partial charge in [-0.3, -0.25) is 9.48 Å². The Labute approximate surface area is 154 Å². The molecular weight excluding hydrogens is 357 g/mol. The number of nitrogens with zero attached hydrogens (tertiary/aromatic N) is 3. The Morgan fingerprint density at radius 2 is 2.35 bits per heavy atom. The first kappa shape index (κ1) is 17.0. The lowest BCUT2D eigenvalue weighted by molar-refractivity contribution is -0.125. The molecule has 3 aromatic rings. The van der Waals surface area contributed by atoms with Gasteiger partial charge in [0.25, 0.3) is 0 Å². The second kappa shape index (κ2) is 6.72. The Balaban J connectivity index is 1.37. The minimum Gasteiger partial charge on any atom is -0.361 e. The summed E-state index contributed by atoms with van der Waals surface area (Å²) in [5.74, 6) is -0.436. The molecule has 1 aromatic carbocycles. The summed E-state index contributed by atoms with van der Waals surface area (Å²) in [6, 6.07) is 3.01. The summed E-state index contributed by atoms with van der Waals surface area (Å²) in [5, 5.41) is 12.2. The van der Waals surface area contributed by atoms with E-state index in [0.717, 1.165) is 35.2 Å². The van der Waals surface area contributed by atoms with Gasteiger partial charge in [-0.05, 0) is 37.0 Å². The van der Waals surface area contributed by atoms with Gasteiger partial charge in [-0.1, -0.05) is 16.8 Å². The van der Waals surface area contributed by atoms with E-state index in [0.29, 0.717) is 24.9 Å². The van der Waals surface area contributed by atoms with Crippen molar-refractivity contribution in [2.24, 2.45) is 13.0 Å². The fourth-order valence-corrected chi connectivity index (χ4v) is 3.74. The highest BCUT2D eigenvalue weighted by atomic mass is 35.5. The summed E-state index contributed by atoms with van der Waals surface area (Å²) >= 11 is 5.88. The van der Waals surface area contributed by atoms with Crippen LogP contribution in [0.15, 0.2) is 18.3 Å². The van der Waals surface area contributed by atoms with Gasteiger partial charge < -0.3 is 10.3 Å². The van der Waals surface area contributed by atoms with Crippen LogP contribution in [0.5, 0.6) is 0 Å². The molecule has 0 bridgehead atoms. The first-order valence-electron chi connectivity index (χ1n) is 8.63. The molecule has 4 rings (SSSR count). The second-order valence-corrected chi connectivity index (χ2v) is 7.12. The largest absolute Gasteiger partial charge is 0.361 e. The van der Waals surface area contributed by atoms with Gasteiger partial charge in [-0.15, -0.1) is 5.10 Å². The molecule has 26 heavy (non-hydrogen) atoms. The molecule has 0 saturated heterocycles. The first-order valence-corrected chi connectivity index (χ1v) is 9.01. The number of aryl methyl sites for hydroxylation is 2. The van der Waals surface area contributed by atoms with Crippen molar-refractivity contribution in [3.05, 3.63) is 46.1 Å². The third-order valence-electron chi connectivity index (χ3n) is 5.07. The second-order valence-electron chi connectivity index (χ2n) is 6.71. The van der Waals surface area contributed by atoms with Crippen LogP contribution in [0.25, 0.3) is 10.9 Å². The standard InChI is InChI=1S/C18H19ClFN5O/c1-25-17-6-10(2-3-15(17)23-24-25)18(26)21-5-4-11-9-22-16-8-14(20)13(19)7-12(11)16/h7-10,22H,2-6H2,1H3,(H,21,26). The van der Waals surface area contributed by atoms with E-state index in [1.54, 1.807) is 10.7 Å². The molecule has 0 saturated carbocycles. The summed E-state index contributed by atoms with van der Waals surface area (Å²) in [4.78, 5) is 15.5. The molecule has 1 aliphatic carbocycles. The van der Waals surface area contributed by atoms with Gasteiger partial charge in [0, 0.05) is 43.0 Å². The van der Waals surface area contributed by atoms with Gasteiger partial charge in [0.15, 0.2) is 0 Å². The SMILES string of the molecule is Cn1nnc2c1CC(C(=O)NCCc1c[nH]c3cc(F)c(Cl)cc13)CC2. The van der Waals surface area contributed by atoms with Crippen LogP contribution in [0.1, 0.15) is 23.4 Å². The maximum atomic E-state index is 13.5. The molecule has 2 heterocycles. The van der Waals surface area contributed by atoms with Crippen molar-refractivity contribution in [2.75, 3.05) is 6.54 Å². The number of hydrogen-bond donors (Lipinski definition) is 2. The van der Waals surface area contributed by atoms with Crippen molar-refractivity contribution in [3.63, 3.8) is 0 Å². The Bertz CT molecular complexity index is 980. The van der Waals surface area contributed by atoms with Crippen LogP contribution in [0.4, 0.5) is 4.39 Å². The Hall–Kier alpha value is -2.41. The average Bonchev–Trinajstić information content (AvgIpc) is 3.19. The molecular formula is C18H19ClFN5O. The number of amides is 1. The highest BCUT2D eigenvalue weighted by Crippen LogP contribution is 2.26. The van der Waals surface area contributed by atoms with Gasteiger partial charge >= 0.3 is 0 Å².